The minimum absolute atomic E-state index is 0.169. The van der Waals surface area contributed by atoms with E-state index in [0.717, 1.165) is 16.2 Å². The molecule has 0 saturated carbocycles. The molecular formula is C19H18N2O3S2. The second-order valence-electron chi connectivity index (χ2n) is 5.26. The highest BCUT2D eigenvalue weighted by molar-refractivity contribution is 7.98. The Morgan fingerprint density at radius 1 is 1.15 bits per heavy atom. The van der Waals surface area contributed by atoms with Crippen LogP contribution >= 0.6 is 23.1 Å². The van der Waals surface area contributed by atoms with Crippen molar-refractivity contribution >= 4 is 34.1 Å². The van der Waals surface area contributed by atoms with E-state index >= 15 is 0 Å². The Bertz CT molecular complexity index is 925. The van der Waals surface area contributed by atoms with Gasteiger partial charge < -0.3 is 9.47 Å². The maximum Gasteiger partial charge on any atom is 0.258 e. The quantitative estimate of drug-likeness (QED) is 0.617. The molecule has 1 heterocycles. The number of methoxy groups -OCH3 is 2. The summed E-state index contributed by atoms with van der Waals surface area (Å²) >= 11 is 2.91. The van der Waals surface area contributed by atoms with Crippen molar-refractivity contribution < 1.29 is 14.3 Å². The lowest BCUT2D eigenvalue weighted by atomic mass is 10.1. The number of carbonyl (C=O) groups excluding carboxylic acids is 1. The van der Waals surface area contributed by atoms with Gasteiger partial charge in [0.1, 0.15) is 11.5 Å². The number of aromatic nitrogens is 1. The number of nitrogens with one attached hydrogen (secondary N) is 1. The van der Waals surface area contributed by atoms with Gasteiger partial charge in [-0.25, -0.2) is 4.98 Å². The first-order valence-electron chi connectivity index (χ1n) is 7.78. The zero-order chi connectivity index (χ0) is 18.5. The van der Waals surface area contributed by atoms with Gasteiger partial charge in [-0.15, -0.1) is 23.1 Å². The highest BCUT2D eigenvalue weighted by Gasteiger charge is 2.15. The molecule has 0 atom stereocenters. The summed E-state index contributed by atoms with van der Waals surface area (Å²) in [6.07, 6.45) is 1.95. The average Bonchev–Trinajstić information content (AvgIpc) is 3.15. The van der Waals surface area contributed by atoms with Gasteiger partial charge in [0, 0.05) is 21.9 Å². The number of ether oxygens (including phenoxy) is 2. The van der Waals surface area contributed by atoms with Gasteiger partial charge in [-0.05, 0) is 30.5 Å². The summed E-state index contributed by atoms with van der Waals surface area (Å²) in [7, 11) is 3.21. The van der Waals surface area contributed by atoms with Crippen LogP contribution < -0.4 is 14.8 Å². The number of amides is 1. The molecule has 2 aromatic carbocycles. The second-order valence-corrected chi connectivity index (χ2v) is 6.96. The van der Waals surface area contributed by atoms with Crippen LogP contribution in [0, 0.1) is 0 Å². The maximum absolute atomic E-state index is 12.5. The van der Waals surface area contributed by atoms with E-state index in [4.69, 9.17) is 9.47 Å². The zero-order valence-corrected chi connectivity index (χ0v) is 16.2. The SMILES string of the molecule is COc1ccc(-c2csc(NC(=O)c3ccccc3SC)n2)c(OC)c1. The number of nitrogens with zero attached hydrogens (tertiary/aromatic N) is 1. The molecule has 0 saturated heterocycles. The van der Waals surface area contributed by atoms with Crippen molar-refractivity contribution in [3.05, 3.63) is 53.4 Å². The fraction of sp³-hybridized carbons (Fsp3) is 0.158. The molecule has 0 radical (unpaired) electrons. The van der Waals surface area contributed by atoms with Crippen LogP contribution in [-0.2, 0) is 0 Å². The molecule has 0 unspecified atom stereocenters. The van der Waals surface area contributed by atoms with Crippen molar-refractivity contribution in [2.75, 3.05) is 25.8 Å². The van der Waals surface area contributed by atoms with E-state index in [9.17, 15) is 4.79 Å². The third-order valence-electron chi connectivity index (χ3n) is 3.76. The monoisotopic (exact) mass is 386 g/mol. The topological polar surface area (TPSA) is 60.5 Å². The van der Waals surface area contributed by atoms with Crippen molar-refractivity contribution in [3.8, 4) is 22.8 Å². The maximum atomic E-state index is 12.5. The van der Waals surface area contributed by atoms with Gasteiger partial charge in [0.05, 0.1) is 25.5 Å². The van der Waals surface area contributed by atoms with E-state index < -0.39 is 0 Å². The Morgan fingerprint density at radius 2 is 1.96 bits per heavy atom. The lowest BCUT2D eigenvalue weighted by Gasteiger charge is -2.08. The molecule has 1 amide bonds. The van der Waals surface area contributed by atoms with Crippen LogP contribution in [0.3, 0.4) is 0 Å². The molecule has 134 valence electrons. The molecule has 0 aliphatic carbocycles. The molecule has 7 heteroatoms. The molecule has 3 rings (SSSR count). The summed E-state index contributed by atoms with van der Waals surface area (Å²) in [6, 6.07) is 13.1. The minimum atomic E-state index is -0.169. The standard InChI is InChI=1S/C19H18N2O3S2/c1-23-12-8-9-13(16(10-12)24-2)15-11-26-19(20-15)21-18(22)14-6-4-5-7-17(14)25-3/h4-11H,1-3H3,(H,20,21,22). The highest BCUT2D eigenvalue weighted by atomic mass is 32.2. The Kier molecular flexibility index (Phi) is 5.80. The van der Waals surface area contributed by atoms with Crippen LogP contribution in [-0.4, -0.2) is 31.4 Å². The van der Waals surface area contributed by atoms with Crippen LogP contribution in [0.2, 0.25) is 0 Å². The zero-order valence-electron chi connectivity index (χ0n) is 14.6. The summed E-state index contributed by atoms with van der Waals surface area (Å²) in [5.74, 6) is 1.21. The highest BCUT2D eigenvalue weighted by Crippen LogP contribution is 2.35. The van der Waals surface area contributed by atoms with Crippen molar-refractivity contribution in [2.24, 2.45) is 0 Å². The number of thioether (sulfide) groups is 1. The molecule has 26 heavy (non-hydrogen) atoms. The molecule has 0 spiro atoms. The van der Waals surface area contributed by atoms with E-state index in [0.29, 0.717) is 22.2 Å². The fourth-order valence-corrected chi connectivity index (χ4v) is 3.76. The molecule has 0 aliphatic rings. The van der Waals surface area contributed by atoms with Gasteiger partial charge in [-0.1, -0.05) is 12.1 Å². The van der Waals surface area contributed by atoms with Gasteiger partial charge >= 0.3 is 0 Å². The van der Waals surface area contributed by atoms with Crippen LogP contribution in [0.5, 0.6) is 11.5 Å². The summed E-state index contributed by atoms with van der Waals surface area (Å²) in [5.41, 5.74) is 2.22. The predicted molar refractivity (Wildman–Crippen MR) is 107 cm³/mol. The summed E-state index contributed by atoms with van der Waals surface area (Å²) in [5, 5.41) is 5.30. The number of hydrogen-bond acceptors (Lipinski definition) is 6. The third kappa shape index (κ3) is 3.84. The lowest BCUT2D eigenvalue weighted by Crippen LogP contribution is -2.12. The Labute approximate surface area is 160 Å². The normalized spacial score (nSPS) is 10.4. The second kappa shape index (κ2) is 8.25. The lowest BCUT2D eigenvalue weighted by molar-refractivity contribution is 0.102. The van der Waals surface area contributed by atoms with Crippen LogP contribution in [0.25, 0.3) is 11.3 Å². The third-order valence-corrected chi connectivity index (χ3v) is 5.31. The number of hydrogen-bond donors (Lipinski definition) is 1. The minimum Gasteiger partial charge on any atom is -0.497 e. The first-order valence-corrected chi connectivity index (χ1v) is 9.89. The Hall–Kier alpha value is -2.51. The van der Waals surface area contributed by atoms with Crippen molar-refractivity contribution in [3.63, 3.8) is 0 Å². The number of carbonyl (C=O) groups is 1. The van der Waals surface area contributed by atoms with E-state index in [1.54, 1.807) is 14.2 Å². The number of rotatable bonds is 6. The number of thiazole rings is 1. The van der Waals surface area contributed by atoms with Crippen molar-refractivity contribution in [2.45, 2.75) is 4.90 Å². The average molecular weight is 386 g/mol. The van der Waals surface area contributed by atoms with Gasteiger partial charge in [-0.2, -0.15) is 0 Å². The molecule has 0 bridgehead atoms. The molecule has 0 fully saturated rings. The van der Waals surface area contributed by atoms with Crippen LogP contribution in [0.1, 0.15) is 10.4 Å². The van der Waals surface area contributed by atoms with Gasteiger partial charge in [0.25, 0.3) is 5.91 Å². The van der Waals surface area contributed by atoms with Crippen LogP contribution in [0.15, 0.2) is 52.7 Å². The molecule has 3 aromatic rings. The molecular weight excluding hydrogens is 368 g/mol. The number of benzene rings is 2. The van der Waals surface area contributed by atoms with E-state index in [2.05, 4.69) is 10.3 Å². The van der Waals surface area contributed by atoms with Gasteiger partial charge in [0.15, 0.2) is 5.13 Å². The first kappa shape index (κ1) is 18.3. The summed E-state index contributed by atoms with van der Waals surface area (Å²) in [6.45, 7) is 0. The van der Waals surface area contributed by atoms with Crippen molar-refractivity contribution in [1.29, 1.82) is 0 Å². The van der Waals surface area contributed by atoms with E-state index in [1.165, 1.54) is 23.1 Å². The van der Waals surface area contributed by atoms with Gasteiger partial charge in [-0.3, -0.25) is 10.1 Å². The number of anilines is 1. The van der Waals surface area contributed by atoms with Gasteiger partial charge in [0.2, 0.25) is 0 Å². The summed E-state index contributed by atoms with van der Waals surface area (Å²) < 4.78 is 10.6. The molecule has 1 N–H and O–H groups in total. The predicted octanol–water partition coefficient (Wildman–Crippen LogP) is 4.80. The Balaban J connectivity index is 1.83. The Morgan fingerprint density at radius 3 is 2.69 bits per heavy atom. The van der Waals surface area contributed by atoms with E-state index in [1.807, 2.05) is 54.1 Å². The molecule has 5 nitrogen and oxygen atoms in total. The van der Waals surface area contributed by atoms with Crippen molar-refractivity contribution in [1.82, 2.24) is 4.98 Å². The largest absolute Gasteiger partial charge is 0.497 e. The summed E-state index contributed by atoms with van der Waals surface area (Å²) in [4.78, 5) is 18.0. The smallest absolute Gasteiger partial charge is 0.258 e. The molecule has 1 aromatic heterocycles. The van der Waals surface area contributed by atoms with Crippen LogP contribution in [0.4, 0.5) is 5.13 Å². The van der Waals surface area contributed by atoms with E-state index in [-0.39, 0.29) is 5.91 Å². The molecule has 0 aliphatic heterocycles. The fourth-order valence-electron chi connectivity index (χ4n) is 2.46. The first-order chi connectivity index (χ1) is 12.7.